The van der Waals surface area contributed by atoms with Gasteiger partial charge >= 0.3 is 5.97 Å². The Balaban J connectivity index is 2.94. The number of hydrogen-bond acceptors (Lipinski definition) is 3. The van der Waals surface area contributed by atoms with Crippen LogP contribution in [0.5, 0.6) is 0 Å². The fourth-order valence-corrected chi connectivity index (χ4v) is 1.36. The van der Waals surface area contributed by atoms with Gasteiger partial charge in [0.25, 0.3) is 0 Å². The largest absolute Gasteiger partial charge is 0.459 e. The highest BCUT2D eigenvalue weighted by atomic mass is 127. The molecule has 0 fully saturated rings. The van der Waals surface area contributed by atoms with Gasteiger partial charge in [-0.25, -0.2) is 14.2 Å². The summed E-state index contributed by atoms with van der Waals surface area (Å²) in [7, 11) is 0. The Morgan fingerprint density at radius 1 is 1.64 bits per heavy atom. The van der Waals surface area contributed by atoms with Crippen molar-refractivity contribution in [2.45, 2.75) is 20.0 Å². The molecule has 3 nitrogen and oxygen atoms in total. The Hall–Kier alpha value is -0.720. The molecule has 1 rings (SSSR count). The lowest BCUT2D eigenvalue weighted by Gasteiger charge is -2.08. The summed E-state index contributed by atoms with van der Waals surface area (Å²) in [6.07, 6.45) is 0.843. The summed E-state index contributed by atoms with van der Waals surface area (Å²) in [6, 6.07) is 1.12. The van der Waals surface area contributed by atoms with E-state index in [-0.39, 0.29) is 11.7 Å². The first kappa shape index (κ1) is 11.4. The molecule has 0 N–H and O–H groups in total. The molecule has 1 aromatic rings. The average Bonchev–Trinajstić information content (AvgIpc) is 2.08. The highest BCUT2D eigenvalue weighted by Crippen LogP contribution is 2.12. The molecule has 0 spiro atoms. The van der Waals surface area contributed by atoms with Gasteiger partial charge in [-0.1, -0.05) is 0 Å². The van der Waals surface area contributed by atoms with Gasteiger partial charge in [-0.2, -0.15) is 0 Å². The van der Waals surface area contributed by atoms with Crippen LogP contribution in [0.1, 0.15) is 24.2 Å². The second-order valence-electron chi connectivity index (χ2n) is 2.95. The molecule has 1 heterocycles. The lowest BCUT2D eigenvalue weighted by Crippen LogP contribution is -2.13. The third-order valence-corrected chi connectivity index (χ3v) is 2.23. The second-order valence-corrected chi connectivity index (χ2v) is 3.97. The van der Waals surface area contributed by atoms with E-state index in [2.05, 4.69) is 4.98 Å². The molecule has 0 radical (unpaired) electrons. The maximum Gasteiger partial charge on any atom is 0.341 e. The van der Waals surface area contributed by atoms with Crippen molar-refractivity contribution in [1.29, 1.82) is 0 Å². The van der Waals surface area contributed by atoms with Crippen molar-refractivity contribution in [3.63, 3.8) is 0 Å². The van der Waals surface area contributed by atoms with E-state index in [0.29, 0.717) is 3.70 Å². The number of ether oxygens (including phenoxy) is 1. The average molecular weight is 309 g/mol. The number of carbonyl (C=O) groups excluding carboxylic acids is 1. The van der Waals surface area contributed by atoms with Crippen LogP contribution < -0.4 is 0 Å². The lowest BCUT2D eigenvalue weighted by molar-refractivity contribution is 0.0375. The van der Waals surface area contributed by atoms with E-state index in [1.165, 1.54) is 0 Å². The Morgan fingerprint density at radius 3 is 2.86 bits per heavy atom. The number of pyridine rings is 1. The van der Waals surface area contributed by atoms with Gasteiger partial charge in [-0.05, 0) is 42.5 Å². The Bertz CT molecular complexity index is 355. The minimum absolute atomic E-state index is 0.166. The Kier molecular flexibility index (Phi) is 3.79. The van der Waals surface area contributed by atoms with E-state index in [1.807, 2.05) is 22.6 Å². The van der Waals surface area contributed by atoms with E-state index in [0.717, 1.165) is 12.3 Å². The van der Waals surface area contributed by atoms with Crippen LogP contribution in [0.2, 0.25) is 0 Å². The number of aromatic nitrogens is 1. The molecule has 0 aliphatic rings. The smallest absolute Gasteiger partial charge is 0.341 e. The first-order valence-electron chi connectivity index (χ1n) is 4.02. The van der Waals surface area contributed by atoms with Crippen LogP contribution in [-0.2, 0) is 4.74 Å². The number of rotatable bonds is 2. The first-order valence-corrected chi connectivity index (χ1v) is 5.10. The zero-order valence-electron chi connectivity index (χ0n) is 7.75. The third kappa shape index (κ3) is 2.90. The van der Waals surface area contributed by atoms with Crippen molar-refractivity contribution in [1.82, 2.24) is 4.98 Å². The van der Waals surface area contributed by atoms with Crippen LogP contribution in [-0.4, -0.2) is 17.1 Å². The van der Waals surface area contributed by atoms with Gasteiger partial charge in [-0.3, -0.25) is 0 Å². The summed E-state index contributed by atoms with van der Waals surface area (Å²) in [5.74, 6) is -1.09. The Labute approximate surface area is 94.8 Å². The molecule has 0 bridgehead atoms. The van der Waals surface area contributed by atoms with Crippen molar-refractivity contribution in [2.75, 3.05) is 0 Å². The van der Waals surface area contributed by atoms with E-state index in [4.69, 9.17) is 4.74 Å². The van der Waals surface area contributed by atoms with E-state index in [9.17, 15) is 9.18 Å². The van der Waals surface area contributed by atoms with Gasteiger partial charge < -0.3 is 4.74 Å². The first-order chi connectivity index (χ1) is 6.50. The molecule has 0 aromatic carbocycles. The van der Waals surface area contributed by atoms with Crippen LogP contribution in [0.15, 0.2) is 12.3 Å². The number of halogens is 2. The summed E-state index contributed by atoms with van der Waals surface area (Å²) in [6.45, 7) is 3.47. The van der Waals surface area contributed by atoms with Gasteiger partial charge in [-0.15, -0.1) is 0 Å². The maximum absolute atomic E-state index is 12.8. The summed E-state index contributed by atoms with van der Waals surface area (Å²) in [4.78, 5) is 15.1. The molecule has 0 saturated carbocycles. The topological polar surface area (TPSA) is 39.2 Å². The monoisotopic (exact) mass is 309 g/mol. The number of esters is 1. The molecule has 0 atom stereocenters. The summed E-state index contributed by atoms with van der Waals surface area (Å²) in [5.41, 5.74) is 0.166. The minimum Gasteiger partial charge on any atom is -0.459 e. The molecule has 14 heavy (non-hydrogen) atoms. The SMILES string of the molecule is CC(C)OC(=O)c1cc(F)cnc1I. The number of nitrogens with zero attached hydrogens (tertiary/aromatic N) is 1. The van der Waals surface area contributed by atoms with E-state index in [1.54, 1.807) is 13.8 Å². The molecular weight excluding hydrogens is 300 g/mol. The predicted molar refractivity (Wildman–Crippen MR) is 57.5 cm³/mol. The predicted octanol–water partition coefficient (Wildman–Crippen LogP) is 2.39. The van der Waals surface area contributed by atoms with Gasteiger partial charge in [0.15, 0.2) is 0 Å². The summed E-state index contributed by atoms with van der Waals surface area (Å²) < 4.78 is 18.1. The molecule has 0 aliphatic heterocycles. The quantitative estimate of drug-likeness (QED) is 0.478. The highest BCUT2D eigenvalue weighted by Gasteiger charge is 2.14. The molecular formula is C9H9FINO2. The van der Waals surface area contributed by atoms with Crippen LogP contribution >= 0.6 is 22.6 Å². The van der Waals surface area contributed by atoms with Gasteiger partial charge in [0.2, 0.25) is 0 Å². The zero-order valence-corrected chi connectivity index (χ0v) is 9.91. The summed E-state index contributed by atoms with van der Waals surface area (Å²) in [5, 5.41) is 0. The van der Waals surface area contributed by atoms with Gasteiger partial charge in [0.1, 0.15) is 9.52 Å². The fourth-order valence-electron chi connectivity index (χ4n) is 0.843. The van der Waals surface area contributed by atoms with Crippen molar-refractivity contribution < 1.29 is 13.9 Å². The molecule has 0 saturated heterocycles. The van der Waals surface area contributed by atoms with Crippen molar-refractivity contribution in [2.24, 2.45) is 0 Å². The third-order valence-electron chi connectivity index (χ3n) is 1.37. The molecule has 76 valence electrons. The molecule has 5 heteroatoms. The van der Waals surface area contributed by atoms with Gasteiger partial charge in [0, 0.05) is 0 Å². The zero-order chi connectivity index (χ0) is 10.7. The Morgan fingerprint density at radius 2 is 2.29 bits per heavy atom. The van der Waals surface area contributed by atoms with Crippen LogP contribution in [0.4, 0.5) is 4.39 Å². The molecule has 0 unspecified atom stereocenters. The van der Waals surface area contributed by atoms with Crippen molar-refractivity contribution in [3.8, 4) is 0 Å². The molecule has 1 aromatic heterocycles. The maximum atomic E-state index is 12.8. The fraction of sp³-hybridized carbons (Fsp3) is 0.333. The van der Waals surface area contributed by atoms with Gasteiger partial charge in [0.05, 0.1) is 17.9 Å². The normalized spacial score (nSPS) is 10.4. The molecule has 0 aliphatic carbocycles. The number of hydrogen-bond donors (Lipinski definition) is 0. The minimum atomic E-state index is -0.545. The van der Waals surface area contributed by atoms with E-state index >= 15 is 0 Å². The van der Waals surface area contributed by atoms with E-state index < -0.39 is 11.8 Å². The van der Waals surface area contributed by atoms with Crippen molar-refractivity contribution in [3.05, 3.63) is 27.3 Å². The van der Waals surface area contributed by atoms with Crippen molar-refractivity contribution >= 4 is 28.6 Å². The summed E-state index contributed by atoms with van der Waals surface area (Å²) >= 11 is 1.86. The molecule has 0 amide bonds. The van der Waals surface area contributed by atoms with Crippen LogP contribution in [0.3, 0.4) is 0 Å². The standard InChI is InChI=1S/C9H9FINO2/c1-5(2)14-9(13)7-3-6(10)4-12-8(7)11/h3-5H,1-2H3. The van der Waals surface area contributed by atoms with Crippen LogP contribution in [0, 0.1) is 9.52 Å². The second kappa shape index (κ2) is 4.68. The highest BCUT2D eigenvalue weighted by molar-refractivity contribution is 14.1. The number of carbonyl (C=O) groups is 1. The van der Waals surface area contributed by atoms with Crippen LogP contribution in [0.25, 0.3) is 0 Å². The lowest BCUT2D eigenvalue weighted by atomic mass is 10.3.